The Kier molecular flexibility index (Phi) is 7.69. The summed E-state index contributed by atoms with van der Waals surface area (Å²) in [5, 5.41) is 23.0. The molecule has 0 bridgehead atoms. The number of nitrogens with zero attached hydrogens (tertiary/aromatic N) is 1. The first-order chi connectivity index (χ1) is 11.7. The average Bonchev–Trinajstić information content (AvgIpc) is 2.56. The molecule has 0 aliphatic heterocycles. The van der Waals surface area contributed by atoms with Gasteiger partial charge in [-0.25, -0.2) is 0 Å². The van der Waals surface area contributed by atoms with Crippen LogP contribution in [0.3, 0.4) is 0 Å². The van der Waals surface area contributed by atoms with Crippen molar-refractivity contribution >= 4 is 29.3 Å². The van der Waals surface area contributed by atoms with Gasteiger partial charge in [-0.15, -0.1) is 11.8 Å². The summed E-state index contributed by atoms with van der Waals surface area (Å²) < 4.78 is 5.10. The van der Waals surface area contributed by atoms with E-state index in [1.165, 1.54) is 31.0 Å². The summed E-state index contributed by atoms with van der Waals surface area (Å²) >= 11 is 1.29. The molecule has 0 aromatic heterocycles. The number of benzene rings is 1. The van der Waals surface area contributed by atoms with E-state index in [2.05, 4.69) is 5.32 Å². The summed E-state index contributed by atoms with van der Waals surface area (Å²) in [5.41, 5.74) is -0.508. The lowest BCUT2D eigenvalue weighted by molar-refractivity contribution is -0.385. The van der Waals surface area contributed by atoms with Crippen LogP contribution in [0.5, 0.6) is 5.75 Å². The molecule has 138 valence electrons. The fourth-order valence-corrected chi connectivity index (χ4v) is 2.93. The molecule has 1 unspecified atom stereocenters. The number of hydrogen-bond donors (Lipinski definition) is 2. The molecule has 0 aliphatic rings. The zero-order valence-corrected chi connectivity index (χ0v) is 15.4. The van der Waals surface area contributed by atoms with Crippen LogP contribution in [0.2, 0.25) is 0 Å². The molecular weight excluding hydrogens is 348 g/mol. The number of aliphatic carboxylic acids is 1. The number of hydrogen-bond acceptors (Lipinski definition) is 6. The highest BCUT2D eigenvalue weighted by Gasteiger charge is 2.26. The van der Waals surface area contributed by atoms with Crippen molar-refractivity contribution < 1.29 is 24.4 Å². The van der Waals surface area contributed by atoms with Crippen LogP contribution < -0.4 is 10.1 Å². The molecule has 0 spiro atoms. The Bertz CT molecular complexity index is 662. The van der Waals surface area contributed by atoms with E-state index >= 15 is 0 Å². The number of amides is 1. The lowest BCUT2D eigenvalue weighted by atomic mass is 9.97. The van der Waals surface area contributed by atoms with Gasteiger partial charge in [-0.3, -0.25) is 19.7 Å². The minimum absolute atomic E-state index is 0.0931. The van der Waals surface area contributed by atoms with Gasteiger partial charge in [0.1, 0.15) is 11.3 Å². The highest BCUT2D eigenvalue weighted by atomic mass is 32.2. The Labute approximate surface area is 150 Å². The van der Waals surface area contributed by atoms with Crippen molar-refractivity contribution in [2.45, 2.75) is 25.2 Å². The molecule has 0 aliphatic carbocycles. The largest absolute Gasteiger partial charge is 0.495 e. The maximum atomic E-state index is 12.4. The van der Waals surface area contributed by atoms with Gasteiger partial charge in [0.25, 0.3) is 11.6 Å². The van der Waals surface area contributed by atoms with Crippen LogP contribution in [0, 0.1) is 22.0 Å². The highest BCUT2D eigenvalue weighted by Crippen LogP contribution is 2.34. The monoisotopic (exact) mass is 370 g/mol. The van der Waals surface area contributed by atoms with Gasteiger partial charge in [-0.1, -0.05) is 13.8 Å². The molecule has 0 heterocycles. The number of carbonyl (C=O) groups is 2. The third-order valence-electron chi connectivity index (χ3n) is 3.56. The minimum atomic E-state index is -1.01. The van der Waals surface area contributed by atoms with Gasteiger partial charge in [-0.05, 0) is 24.7 Å². The Morgan fingerprint density at radius 2 is 2.04 bits per heavy atom. The first-order valence-corrected chi connectivity index (χ1v) is 8.85. The van der Waals surface area contributed by atoms with Crippen molar-refractivity contribution in [1.82, 2.24) is 5.32 Å². The first kappa shape index (κ1) is 20.8. The van der Waals surface area contributed by atoms with E-state index in [-0.39, 0.29) is 23.7 Å². The molecule has 0 saturated carbocycles. The van der Waals surface area contributed by atoms with Gasteiger partial charge in [0.2, 0.25) is 0 Å². The number of carboxylic acids is 1. The van der Waals surface area contributed by atoms with Gasteiger partial charge in [0.05, 0.1) is 28.9 Å². The number of nitro benzene ring substituents is 1. The molecule has 1 amide bonds. The number of ether oxygens (including phenoxy) is 1. The van der Waals surface area contributed by atoms with Crippen LogP contribution in [0.25, 0.3) is 0 Å². The van der Waals surface area contributed by atoms with Crippen LogP contribution in [-0.4, -0.2) is 41.8 Å². The zero-order chi connectivity index (χ0) is 19.1. The molecule has 8 nitrogen and oxygen atoms in total. The van der Waals surface area contributed by atoms with Gasteiger partial charge in [0.15, 0.2) is 0 Å². The summed E-state index contributed by atoms with van der Waals surface area (Å²) in [6.45, 7) is 3.68. The van der Waals surface area contributed by atoms with E-state index in [4.69, 9.17) is 4.74 Å². The standard InChI is InChI=1S/C16H22N2O6S/c1-9(2)5-10(16(20)21)8-17-15(19)11-6-14(25-4)13(24-3)7-12(11)18(22)23/h6-7,9-10H,5,8H2,1-4H3,(H,17,19)(H,20,21). The second-order valence-electron chi connectivity index (χ2n) is 5.86. The van der Waals surface area contributed by atoms with Crippen molar-refractivity contribution in [3.63, 3.8) is 0 Å². The number of methoxy groups -OCH3 is 1. The lowest BCUT2D eigenvalue weighted by Crippen LogP contribution is -2.34. The molecule has 2 N–H and O–H groups in total. The Morgan fingerprint density at radius 1 is 1.40 bits per heavy atom. The van der Waals surface area contributed by atoms with Crippen LogP contribution in [-0.2, 0) is 4.79 Å². The molecule has 0 saturated heterocycles. The van der Waals surface area contributed by atoms with E-state index < -0.39 is 22.7 Å². The van der Waals surface area contributed by atoms with E-state index in [1.807, 2.05) is 13.8 Å². The summed E-state index contributed by atoms with van der Waals surface area (Å²) in [7, 11) is 1.39. The maximum absolute atomic E-state index is 12.4. The summed E-state index contributed by atoms with van der Waals surface area (Å²) in [5.74, 6) is -1.99. The number of carbonyl (C=O) groups excluding carboxylic acids is 1. The third-order valence-corrected chi connectivity index (χ3v) is 4.32. The van der Waals surface area contributed by atoms with Gasteiger partial charge >= 0.3 is 5.97 Å². The molecule has 0 fully saturated rings. The number of rotatable bonds is 9. The van der Waals surface area contributed by atoms with Crippen molar-refractivity contribution in [3.05, 3.63) is 27.8 Å². The van der Waals surface area contributed by atoms with Crippen molar-refractivity contribution in [1.29, 1.82) is 0 Å². The maximum Gasteiger partial charge on any atom is 0.308 e. The van der Waals surface area contributed by atoms with E-state index in [9.17, 15) is 24.8 Å². The summed E-state index contributed by atoms with van der Waals surface area (Å²) in [6.07, 6.45) is 2.16. The molecule has 0 radical (unpaired) electrons. The topological polar surface area (TPSA) is 119 Å². The van der Waals surface area contributed by atoms with Crippen molar-refractivity contribution in [2.75, 3.05) is 19.9 Å². The Balaban J connectivity index is 3.07. The van der Waals surface area contributed by atoms with Crippen LogP contribution >= 0.6 is 11.8 Å². The van der Waals surface area contributed by atoms with E-state index in [1.54, 1.807) is 6.26 Å². The van der Waals surface area contributed by atoms with Gasteiger partial charge in [-0.2, -0.15) is 0 Å². The summed E-state index contributed by atoms with van der Waals surface area (Å²) in [6, 6.07) is 2.58. The third kappa shape index (κ3) is 5.63. The minimum Gasteiger partial charge on any atom is -0.495 e. The van der Waals surface area contributed by atoms with Crippen LogP contribution in [0.4, 0.5) is 5.69 Å². The molecule has 1 aromatic carbocycles. The first-order valence-electron chi connectivity index (χ1n) is 7.62. The van der Waals surface area contributed by atoms with Crippen molar-refractivity contribution in [3.8, 4) is 5.75 Å². The van der Waals surface area contributed by atoms with E-state index in [0.29, 0.717) is 17.1 Å². The molecule has 1 aromatic rings. The quantitative estimate of drug-likeness (QED) is 0.390. The second-order valence-corrected chi connectivity index (χ2v) is 6.70. The van der Waals surface area contributed by atoms with Gasteiger partial charge in [0, 0.05) is 6.54 Å². The lowest BCUT2D eigenvalue weighted by Gasteiger charge is -2.16. The number of nitrogens with one attached hydrogen (secondary N) is 1. The fourth-order valence-electron chi connectivity index (χ4n) is 2.35. The average molecular weight is 370 g/mol. The predicted molar refractivity (Wildman–Crippen MR) is 94.3 cm³/mol. The Hall–Kier alpha value is -2.29. The van der Waals surface area contributed by atoms with Crippen molar-refractivity contribution in [2.24, 2.45) is 11.8 Å². The van der Waals surface area contributed by atoms with Crippen LogP contribution in [0.1, 0.15) is 30.6 Å². The number of carboxylic acid groups (broad SMARTS) is 1. The number of thioether (sulfide) groups is 1. The molecule has 1 atom stereocenters. The zero-order valence-electron chi connectivity index (χ0n) is 14.6. The SMILES string of the molecule is COc1cc([N+](=O)[O-])c(C(=O)NCC(CC(C)C)C(=O)O)cc1SC. The van der Waals surface area contributed by atoms with Gasteiger partial charge < -0.3 is 15.2 Å². The molecule has 9 heteroatoms. The molecular formula is C16H22N2O6S. The molecule has 1 rings (SSSR count). The Morgan fingerprint density at radius 3 is 2.48 bits per heavy atom. The molecule has 25 heavy (non-hydrogen) atoms. The second kappa shape index (κ2) is 9.26. The fraction of sp³-hybridized carbons (Fsp3) is 0.500. The normalized spacial score (nSPS) is 11.9. The highest BCUT2D eigenvalue weighted by molar-refractivity contribution is 7.98. The number of nitro groups is 1. The smallest absolute Gasteiger partial charge is 0.308 e. The van der Waals surface area contributed by atoms with Crippen LogP contribution in [0.15, 0.2) is 17.0 Å². The predicted octanol–water partition coefficient (Wildman–Crippen LogP) is 2.80. The van der Waals surface area contributed by atoms with E-state index in [0.717, 1.165) is 0 Å². The summed E-state index contributed by atoms with van der Waals surface area (Å²) in [4.78, 5) is 34.8.